The van der Waals surface area contributed by atoms with Gasteiger partial charge in [-0.05, 0) is 25.7 Å². The zero-order valence-corrected chi connectivity index (χ0v) is 11.6. The average molecular weight is 295 g/mol. The summed E-state index contributed by atoms with van der Waals surface area (Å²) in [7, 11) is 1.29. The monoisotopic (exact) mass is 295 g/mol. The largest absolute Gasteiger partial charge is 0.481 e. The van der Waals surface area contributed by atoms with Crippen molar-refractivity contribution in [1.82, 2.24) is 14.9 Å². The summed E-state index contributed by atoms with van der Waals surface area (Å²) in [6.07, 6.45) is 3.23. The van der Waals surface area contributed by atoms with Crippen molar-refractivity contribution >= 4 is 11.9 Å². The Morgan fingerprint density at radius 2 is 1.90 bits per heavy atom. The Bertz CT molecular complexity index is 667. The van der Waals surface area contributed by atoms with E-state index in [4.69, 9.17) is 5.11 Å². The van der Waals surface area contributed by atoms with E-state index in [-0.39, 0.29) is 17.5 Å². The number of rotatable bonds is 3. The highest BCUT2D eigenvalue weighted by Gasteiger charge is 2.27. The van der Waals surface area contributed by atoms with Crippen molar-refractivity contribution in [2.24, 2.45) is 13.0 Å². The summed E-state index contributed by atoms with van der Waals surface area (Å²) in [4.78, 5) is 48.3. The lowest BCUT2D eigenvalue weighted by Gasteiger charge is -2.26. The number of aliphatic carboxylic acids is 1. The van der Waals surface area contributed by atoms with E-state index in [0.717, 1.165) is 10.8 Å². The number of amides is 1. The first-order chi connectivity index (χ1) is 9.90. The Kier molecular flexibility index (Phi) is 4.25. The Morgan fingerprint density at radius 1 is 1.29 bits per heavy atom. The molecule has 8 nitrogen and oxygen atoms in total. The highest BCUT2D eigenvalue weighted by molar-refractivity contribution is 5.93. The number of carboxylic acids is 1. The quantitative estimate of drug-likeness (QED) is 0.690. The molecule has 0 atom stereocenters. The number of nitrogens with zero attached hydrogens (tertiary/aromatic N) is 1. The molecule has 1 aliphatic carbocycles. The molecule has 0 bridgehead atoms. The third-order valence-corrected chi connectivity index (χ3v) is 3.84. The molecule has 1 fully saturated rings. The molecular formula is C13H17N3O5. The number of hydrogen-bond donors (Lipinski definition) is 3. The number of hydrogen-bond acceptors (Lipinski definition) is 4. The fourth-order valence-corrected chi connectivity index (χ4v) is 2.48. The summed E-state index contributed by atoms with van der Waals surface area (Å²) in [5.74, 6) is -1.72. The van der Waals surface area contributed by atoms with Crippen LogP contribution in [0.5, 0.6) is 0 Å². The zero-order valence-electron chi connectivity index (χ0n) is 11.6. The van der Waals surface area contributed by atoms with Gasteiger partial charge in [-0.15, -0.1) is 0 Å². The number of nitrogens with one attached hydrogen (secondary N) is 2. The topological polar surface area (TPSA) is 121 Å². The van der Waals surface area contributed by atoms with E-state index < -0.39 is 23.1 Å². The van der Waals surface area contributed by atoms with E-state index in [1.165, 1.54) is 7.05 Å². The van der Waals surface area contributed by atoms with Crippen LogP contribution < -0.4 is 16.6 Å². The van der Waals surface area contributed by atoms with Gasteiger partial charge in [0.15, 0.2) is 0 Å². The summed E-state index contributed by atoms with van der Waals surface area (Å²) in [6.45, 7) is 0. The molecule has 114 valence electrons. The molecule has 1 amide bonds. The van der Waals surface area contributed by atoms with Gasteiger partial charge in [0.2, 0.25) is 0 Å². The summed E-state index contributed by atoms with van der Waals surface area (Å²) in [5.41, 5.74) is -1.37. The van der Waals surface area contributed by atoms with Gasteiger partial charge >= 0.3 is 11.7 Å². The van der Waals surface area contributed by atoms with Crippen molar-refractivity contribution in [1.29, 1.82) is 0 Å². The lowest BCUT2D eigenvalue weighted by molar-refractivity contribution is -0.142. The van der Waals surface area contributed by atoms with Crippen molar-refractivity contribution < 1.29 is 14.7 Å². The van der Waals surface area contributed by atoms with Crippen LogP contribution >= 0.6 is 0 Å². The summed E-state index contributed by atoms with van der Waals surface area (Å²) in [6, 6.07) is -0.148. The Balaban J connectivity index is 2.03. The standard InChI is InChI=1S/C13H17N3O5/c1-16-11(18)9(6-14-13(16)21)10(17)15-8-4-2-7(3-5-8)12(19)20/h6-8H,2-5H2,1H3,(H,14,21)(H,15,17)(H,19,20). The average Bonchev–Trinajstić information content (AvgIpc) is 2.45. The van der Waals surface area contributed by atoms with E-state index in [1.807, 2.05) is 0 Å². The van der Waals surface area contributed by atoms with E-state index >= 15 is 0 Å². The Labute approximate surface area is 119 Å². The Hall–Kier alpha value is -2.38. The summed E-state index contributed by atoms with van der Waals surface area (Å²) >= 11 is 0. The molecule has 1 aromatic heterocycles. The van der Waals surface area contributed by atoms with Gasteiger partial charge in [0, 0.05) is 19.3 Å². The van der Waals surface area contributed by atoms with Gasteiger partial charge in [0.1, 0.15) is 5.56 Å². The number of carboxylic acid groups (broad SMARTS) is 1. The third kappa shape index (κ3) is 3.21. The number of aromatic nitrogens is 2. The minimum absolute atomic E-state index is 0.127. The molecule has 0 aliphatic heterocycles. The minimum Gasteiger partial charge on any atom is -0.481 e. The number of H-pyrrole nitrogens is 1. The zero-order chi connectivity index (χ0) is 15.6. The van der Waals surface area contributed by atoms with Crippen LogP contribution in [0.3, 0.4) is 0 Å². The molecule has 2 rings (SSSR count). The van der Waals surface area contributed by atoms with E-state index in [2.05, 4.69) is 10.3 Å². The van der Waals surface area contributed by atoms with E-state index in [1.54, 1.807) is 0 Å². The molecule has 0 unspecified atom stereocenters. The SMILES string of the molecule is Cn1c(=O)[nH]cc(C(=O)NC2CCC(C(=O)O)CC2)c1=O. The first-order valence-electron chi connectivity index (χ1n) is 6.72. The molecule has 0 radical (unpaired) electrons. The predicted molar refractivity (Wildman–Crippen MR) is 73.2 cm³/mol. The normalized spacial score (nSPS) is 21.8. The lowest BCUT2D eigenvalue weighted by Crippen LogP contribution is -2.43. The van der Waals surface area contributed by atoms with Gasteiger partial charge in [-0.3, -0.25) is 19.0 Å². The van der Waals surface area contributed by atoms with Crippen LogP contribution in [-0.4, -0.2) is 32.6 Å². The molecule has 1 aliphatic rings. The van der Waals surface area contributed by atoms with Gasteiger partial charge in [0.25, 0.3) is 11.5 Å². The molecule has 0 aromatic carbocycles. The number of carbonyl (C=O) groups excluding carboxylic acids is 1. The van der Waals surface area contributed by atoms with Crippen molar-refractivity contribution in [3.63, 3.8) is 0 Å². The Morgan fingerprint density at radius 3 is 2.48 bits per heavy atom. The second-order valence-electron chi connectivity index (χ2n) is 5.23. The van der Waals surface area contributed by atoms with Crippen LogP contribution in [0.1, 0.15) is 36.0 Å². The van der Waals surface area contributed by atoms with Crippen LogP contribution in [0.2, 0.25) is 0 Å². The molecule has 1 saturated carbocycles. The molecular weight excluding hydrogens is 278 g/mol. The van der Waals surface area contributed by atoms with Crippen molar-refractivity contribution in [2.45, 2.75) is 31.7 Å². The predicted octanol–water partition coefficient (Wildman–Crippen LogP) is -0.553. The highest BCUT2D eigenvalue weighted by Crippen LogP contribution is 2.24. The molecule has 1 aromatic rings. The fourth-order valence-electron chi connectivity index (χ4n) is 2.48. The van der Waals surface area contributed by atoms with Gasteiger partial charge in [0.05, 0.1) is 5.92 Å². The van der Waals surface area contributed by atoms with Gasteiger partial charge in [-0.1, -0.05) is 0 Å². The van der Waals surface area contributed by atoms with Crippen molar-refractivity contribution in [3.8, 4) is 0 Å². The van der Waals surface area contributed by atoms with E-state index in [0.29, 0.717) is 25.7 Å². The first-order valence-corrected chi connectivity index (χ1v) is 6.72. The molecule has 3 N–H and O–H groups in total. The second-order valence-corrected chi connectivity index (χ2v) is 5.23. The number of carbonyl (C=O) groups is 2. The van der Waals surface area contributed by atoms with Crippen LogP contribution in [-0.2, 0) is 11.8 Å². The molecule has 0 spiro atoms. The number of aromatic amines is 1. The maximum Gasteiger partial charge on any atom is 0.328 e. The maximum atomic E-state index is 12.0. The maximum absolute atomic E-state index is 12.0. The van der Waals surface area contributed by atoms with Gasteiger partial charge in [-0.25, -0.2) is 4.79 Å². The molecule has 1 heterocycles. The summed E-state index contributed by atoms with van der Waals surface area (Å²) < 4.78 is 0.830. The highest BCUT2D eigenvalue weighted by atomic mass is 16.4. The third-order valence-electron chi connectivity index (χ3n) is 3.84. The second kappa shape index (κ2) is 5.94. The lowest BCUT2D eigenvalue weighted by atomic mass is 9.86. The van der Waals surface area contributed by atoms with Gasteiger partial charge in [-0.2, -0.15) is 0 Å². The fraction of sp³-hybridized carbons (Fsp3) is 0.538. The molecule has 0 saturated heterocycles. The van der Waals surface area contributed by atoms with Crippen molar-refractivity contribution in [2.75, 3.05) is 0 Å². The minimum atomic E-state index is -0.811. The van der Waals surface area contributed by atoms with Crippen LogP contribution in [0.25, 0.3) is 0 Å². The smallest absolute Gasteiger partial charge is 0.328 e. The van der Waals surface area contributed by atoms with Crippen LogP contribution in [0.4, 0.5) is 0 Å². The summed E-state index contributed by atoms with van der Waals surface area (Å²) in [5, 5.41) is 11.6. The van der Waals surface area contributed by atoms with Crippen LogP contribution in [0.15, 0.2) is 15.8 Å². The van der Waals surface area contributed by atoms with Gasteiger partial charge < -0.3 is 15.4 Å². The molecule has 21 heavy (non-hydrogen) atoms. The van der Waals surface area contributed by atoms with E-state index in [9.17, 15) is 19.2 Å². The molecule has 8 heteroatoms. The van der Waals surface area contributed by atoms with Crippen molar-refractivity contribution in [3.05, 3.63) is 32.6 Å². The first kappa shape index (κ1) is 15.0. The van der Waals surface area contributed by atoms with Crippen LogP contribution in [0, 0.1) is 5.92 Å².